The van der Waals surface area contributed by atoms with E-state index in [0.717, 1.165) is 25.1 Å². The molecule has 2 unspecified atom stereocenters. The molecule has 1 aliphatic rings. The quantitative estimate of drug-likeness (QED) is 0.797. The Kier molecular flexibility index (Phi) is 3.43. The lowest BCUT2D eigenvalue weighted by Crippen LogP contribution is -2.33. The fraction of sp³-hybridized carbons (Fsp3) is 0.538. The van der Waals surface area contributed by atoms with Crippen LogP contribution < -0.4 is 5.32 Å². The molecular weight excluding hydrogens is 227 g/mol. The van der Waals surface area contributed by atoms with Gasteiger partial charge in [0.15, 0.2) is 0 Å². The summed E-state index contributed by atoms with van der Waals surface area (Å²) in [4.78, 5) is 0. The minimum atomic E-state index is -4.24. The van der Waals surface area contributed by atoms with Gasteiger partial charge in [0, 0.05) is 0 Å². The van der Waals surface area contributed by atoms with Gasteiger partial charge in [-0.05, 0) is 49.0 Å². The maximum absolute atomic E-state index is 12.4. The predicted octanol–water partition coefficient (Wildman–Crippen LogP) is 3.42. The molecule has 94 valence electrons. The third kappa shape index (κ3) is 2.80. The minimum absolute atomic E-state index is 0.374. The monoisotopic (exact) mass is 243 g/mol. The number of hydrogen-bond acceptors (Lipinski definition) is 1. The maximum atomic E-state index is 12.4. The predicted molar refractivity (Wildman–Crippen MR) is 60.8 cm³/mol. The Bertz CT molecular complexity index is 369. The van der Waals surface area contributed by atoms with Crippen LogP contribution in [0.15, 0.2) is 24.3 Å². The van der Waals surface area contributed by atoms with E-state index in [9.17, 15) is 13.2 Å². The van der Waals surface area contributed by atoms with Gasteiger partial charge in [0.2, 0.25) is 0 Å². The van der Waals surface area contributed by atoms with Crippen molar-refractivity contribution in [3.8, 4) is 0 Å². The molecule has 1 aromatic rings. The highest BCUT2D eigenvalue weighted by Gasteiger charge is 2.30. The molecule has 2 rings (SSSR count). The van der Waals surface area contributed by atoms with Crippen LogP contribution in [0.25, 0.3) is 0 Å². The van der Waals surface area contributed by atoms with Crippen LogP contribution in [0.3, 0.4) is 0 Å². The lowest BCUT2D eigenvalue weighted by atomic mass is 9.82. The molecule has 0 amide bonds. The van der Waals surface area contributed by atoms with Crippen LogP contribution in [0.5, 0.6) is 0 Å². The zero-order valence-corrected chi connectivity index (χ0v) is 9.72. The molecule has 0 aliphatic carbocycles. The molecule has 2 atom stereocenters. The Morgan fingerprint density at radius 1 is 1.18 bits per heavy atom. The topological polar surface area (TPSA) is 12.0 Å². The molecule has 1 saturated heterocycles. The summed E-state index contributed by atoms with van der Waals surface area (Å²) in [6.07, 6.45) is -3.25. The van der Waals surface area contributed by atoms with Gasteiger partial charge in [-0.2, -0.15) is 13.2 Å². The summed E-state index contributed by atoms with van der Waals surface area (Å²) in [5.41, 5.74) is 0.454. The first-order valence-corrected chi connectivity index (χ1v) is 5.86. The van der Waals surface area contributed by atoms with E-state index >= 15 is 0 Å². The molecule has 1 aliphatic heterocycles. The zero-order chi connectivity index (χ0) is 12.5. The van der Waals surface area contributed by atoms with Crippen molar-refractivity contribution in [2.75, 3.05) is 13.1 Å². The third-order valence-electron chi connectivity index (χ3n) is 3.45. The highest BCUT2D eigenvalue weighted by atomic mass is 19.4. The van der Waals surface area contributed by atoms with E-state index in [-0.39, 0.29) is 0 Å². The van der Waals surface area contributed by atoms with Crippen LogP contribution in [-0.4, -0.2) is 13.1 Å². The van der Waals surface area contributed by atoms with E-state index in [1.165, 1.54) is 12.1 Å². The summed E-state index contributed by atoms with van der Waals surface area (Å²) in [6, 6.07) is 5.61. The van der Waals surface area contributed by atoms with Crippen LogP contribution in [0.2, 0.25) is 0 Å². The number of alkyl halides is 3. The second kappa shape index (κ2) is 4.69. The van der Waals surface area contributed by atoms with Gasteiger partial charge >= 0.3 is 6.18 Å². The van der Waals surface area contributed by atoms with E-state index in [0.29, 0.717) is 11.8 Å². The SMILES string of the molecule is CC1CNCCC1c1ccc(C(F)(F)F)cc1. The van der Waals surface area contributed by atoms with Gasteiger partial charge in [0.05, 0.1) is 5.56 Å². The average molecular weight is 243 g/mol. The first-order valence-electron chi connectivity index (χ1n) is 5.86. The summed E-state index contributed by atoms with van der Waals surface area (Å²) >= 11 is 0. The Balaban J connectivity index is 2.17. The molecule has 1 N–H and O–H groups in total. The van der Waals surface area contributed by atoms with Crippen LogP contribution in [0.1, 0.15) is 30.4 Å². The molecule has 17 heavy (non-hydrogen) atoms. The van der Waals surface area contributed by atoms with Crippen molar-refractivity contribution in [3.63, 3.8) is 0 Å². The molecule has 1 heterocycles. The molecule has 0 aromatic heterocycles. The summed E-state index contributed by atoms with van der Waals surface area (Å²) in [5.74, 6) is 0.846. The minimum Gasteiger partial charge on any atom is -0.316 e. The van der Waals surface area contributed by atoms with Gasteiger partial charge in [0.1, 0.15) is 0 Å². The van der Waals surface area contributed by atoms with Gasteiger partial charge < -0.3 is 5.32 Å². The fourth-order valence-corrected chi connectivity index (χ4v) is 2.43. The van der Waals surface area contributed by atoms with Gasteiger partial charge in [-0.25, -0.2) is 0 Å². The first-order chi connectivity index (χ1) is 7.98. The van der Waals surface area contributed by atoms with Crippen molar-refractivity contribution in [1.82, 2.24) is 5.32 Å². The highest BCUT2D eigenvalue weighted by Crippen LogP contribution is 2.33. The van der Waals surface area contributed by atoms with Crippen LogP contribution in [-0.2, 0) is 6.18 Å². The summed E-state index contributed by atoms with van der Waals surface area (Å²) < 4.78 is 37.3. The number of rotatable bonds is 1. The third-order valence-corrected chi connectivity index (χ3v) is 3.45. The molecule has 1 nitrogen and oxygen atoms in total. The number of benzene rings is 1. The number of piperidine rings is 1. The largest absolute Gasteiger partial charge is 0.416 e. The molecule has 4 heteroatoms. The van der Waals surface area contributed by atoms with E-state index in [2.05, 4.69) is 12.2 Å². The van der Waals surface area contributed by atoms with Gasteiger partial charge in [0.25, 0.3) is 0 Å². The summed E-state index contributed by atoms with van der Waals surface area (Å²) in [7, 11) is 0. The molecule has 0 radical (unpaired) electrons. The highest BCUT2D eigenvalue weighted by molar-refractivity contribution is 5.27. The van der Waals surface area contributed by atoms with Crippen LogP contribution in [0, 0.1) is 5.92 Å². The van der Waals surface area contributed by atoms with Gasteiger partial charge in [-0.15, -0.1) is 0 Å². The fourth-order valence-electron chi connectivity index (χ4n) is 2.43. The first kappa shape index (κ1) is 12.4. The molecular formula is C13H16F3N. The Morgan fingerprint density at radius 2 is 1.82 bits per heavy atom. The molecule has 0 spiro atoms. The number of nitrogens with one attached hydrogen (secondary N) is 1. The van der Waals surface area contributed by atoms with E-state index < -0.39 is 11.7 Å². The number of halogens is 3. The molecule has 0 saturated carbocycles. The van der Waals surface area contributed by atoms with E-state index in [4.69, 9.17) is 0 Å². The van der Waals surface area contributed by atoms with Crippen molar-refractivity contribution in [3.05, 3.63) is 35.4 Å². The second-order valence-electron chi connectivity index (χ2n) is 4.70. The van der Waals surface area contributed by atoms with E-state index in [1.807, 2.05) is 0 Å². The normalized spacial score (nSPS) is 25.9. The second-order valence-corrected chi connectivity index (χ2v) is 4.70. The van der Waals surface area contributed by atoms with Gasteiger partial charge in [-0.3, -0.25) is 0 Å². The lowest BCUT2D eigenvalue weighted by Gasteiger charge is -2.30. The molecule has 1 aromatic carbocycles. The Labute approximate surface area is 99.0 Å². The molecule has 0 bridgehead atoms. The molecule has 1 fully saturated rings. The maximum Gasteiger partial charge on any atom is 0.416 e. The van der Waals surface area contributed by atoms with Crippen molar-refractivity contribution in [2.24, 2.45) is 5.92 Å². The number of hydrogen-bond donors (Lipinski definition) is 1. The average Bonchev–Trinajstić information content (AvgIpc) is 2.29. The van der Waals surface area contributed by atoms with Crippen molar-refractivity contribution >= 4 is 0 Å². The smallest absolute Gasteiger partial charge is 0.316 e. The van der Waals surface area contributed by atoms with Crippen molar-refractivity contribution < 1.29 is 13.2 Å². The summed E-state index contributed by atoms with van der Waals surface area (Å²) in [5, 5.41) is 3.29. The summed E-state index contributed by atoms with van der Waals surface area (Å²) in [6.45, 7) is 4.01. The van der Waals surface area contributed by atoms with Gasteiger partial charge in [-0.1, -0.05) is 19.1 Å². The Morgan fingerprint density at radius 3 is 2.35 bits per heavy atom. The Hall–Kier alpha value is -1.03. The van der Waals surface area contributed by atoms with Crippen molar-refractivity contribution in [2.45, 2.75) is 25.4 Å². The van der Waals surface area contributed by atoms with Crippen LogP contribution in [0.4, 0.5) is 13.2 Å². The van der Waals surface area contributed by atoms with E-state index in [1.54, 1.807) is 12.1 Å². The van der Waals surface area contributed by atoms with Crippen LogP contribution >= 0.6 is 0 Å². The standard InChI is InChI=1S/C13H16F3N/c1-9-8-17-7-6-12(9)10-2-4-11(5-3-10)13(14,15)16/h2-5,9,12,17H,6-8H2,1H3. The zero-order valence-electron chi connectivity index (χ0n) is 9.72. The lowest BCUT2D eigenvalue weighted by molar-refractivity contribution is -0.137. The van der Waals surface area contributed by atoms with Crippen molar-refractivity contribution in [1.29, 1.82) is 0 Å².